The van der Waals surface area contributed by atoms with Crippen molar-refractivity contribution in [3.05, 3.63) is 29.1 Å². The van der Waals surface area contributed by atoms with Crippen molar-refractivity contribution in [2.45, 2.75) is 31.7 Å². The summed E-state index contributed by atoms with van der Waals surface area (Å²) < 4.78 is 14.2. The molecule has 4 heteroatoms. The highest BCUT2D eigenvalue weighted by Gasteiger charge is 2.34. The molecule has 0 saturated carbocycles. The van der Waals surface area contributed by atoms with Gasteiger partial charge in [0.05, 0.1) is 12.1 Å². The molecule has 3 rings (SSSR count). The van der Waals surface area contributed by atoms with Crippen molar-refractivity contribution in [1.29, 1.82) is 0 Å². The van der Waals surface area contributed by atoms with Crippen LogP contribution in [0.1, 0.15) is 30.9 Å². The van der Waals surface area contributed by atoms with Crippen molar-refractivity contribution < 1.29 is 9.18 Å². The van der Waals surface area contributed by atoms with Crippen molar-refractivity contribution in [1.82, 2.24) is 5.32 Å². The predicted octanol–water partition coefficient (Wildman–Crippen LogP) is 1.94. The fraction of sp³-hybridized carbons (Fsp3) is 0.500. The summed E-state index contributed by atoms with van der Waals surface area (Å²) in [5.74, 6) is -0.323. The van der Waals surface area contributed by atoms with Gasteiger partial charge in [-0.25, -0.2) is 4.39 Å². The third kappa shape index (κ3) is 1.56. The van der Waals surface area contributed by atoms with Gasteiger partial charge in [0.15, 0.2) is 0 Å². The highest BCUT2D eigenvalue weighted by atomic mass is 19.1. The Kier molecular flexibility index (Phi) is 2.45. The summed E-state index contributed by atoms with van der Waals surface area (Å²) in [6.07, 6.45) is 2.43. The van der Waals surface area contributed by atoms with Crippen LogP contribution < -0.4 is 10.2 Å². The van der Waals surface area contributed by atoms with Crippen molar-refractivity contribution >= 4 is 11.6 Å². The molecule has 1 aromatic rings. The summed E-state index contributed by atoms with van der Waals surface area (Å²) in [5.41, 5.74) is 2.07. The number of hydrogen-bond donors (Lipinski definition) is 1. The van der Waals surface area contributed by atoms with Gasteiger partial charge in [0.25, 0.3) is 0 Å². The lowest BCUT2D eigenvalue weighted by Gasteiger charge is -2.26. The van der Waals surface area contributed by atoms with Crippen LogP contribution in [0.4, 0.5) is 10.1 Å². The van der Waals surface area contributed by atoms with E-state index in [1.54, 1.807) is 13.1 Å². The maximum absolute atomic E-state index is 14.2. The van der Waals surface area contributed by atoms with Gasteiger partial charge in [0, 0.05) is 12.6 Å². The second-order valence-electron chi connectivity index (χ2n) is 5.46. The van der Waals surface area contributed by atoms with Gasteiger partial charge < -0.3 is 10.2 Å². The average molecular weight is 248 g/mol. The van der Waals surface area contributed by atoms with Gasteiger partial charge in [0.2, 0.25) is 5.91 Å². The summed E-state index contributed by atoms with van der Waals surface area (Å²) in [7, 11) is 1.63. The molecule has 0 radical (unpaired) electrons. The van der Waals surface area contributed by atoms with E-state index in [9.17, 15) is 9.18 Å². The van der Waals surface area contributed by atoms with Crippen LogP contribution in [0, 0.1) is 5.82 Å². The fourth-order valence-corrected chi connectivity index (χ4v) is 3.03. The smallest absolute Gasteiger partial charge is 0.231 e. The first-order valence-electron chi connectivity index (χ1n) is 6.36. The second-order valence-corrected chi connectivity index (χ2v) is 5.46. The zero-order valence-corrected chi connectivity index (χ0v) is 10.7. The van der Waals surface area contributed by atoms with Crippen LogP contribution in [0.3, 0.4) is 0 Å². The van der Waals surface area contributed by atoms with Crippen LogP contribution in [0.2, 0.25) is 0 Å². The molecule has 0 spiro atoms. The summed E-state index contributed by atoms with van der Waals surface area (Å²) in [5, 5.41) is 3.42. The van der Waals surface area contributed by atoms with E-state index in [1.807, 2.05) is 6.07 Å². The maximum atomic E-state index is 14.2. The van der Waals surface area contributed by atoms with E-state index in [4.69, 9.17) is 0 Å². The molecule has 1 atom stereocenters. The molecule has 0 aliphatic carbocycles. The fourth-order valence-electron chi connectivity index (χ4n) is 3.03. The minimum atomic E-state index is -0.286. The standard InChI is InChI=1S/C14H17FN2O/c1-14(4-3-5-16-14)10-6-9-7-12(18)17(2)13(9)11(15)8-10/h6,8,16H,3-5,7H2,1-2H3. The topological polar surface area (TPSA) is 32.3 Å². The number of nitrogens with one attached hydrogen (secondary N) is 1. The van der Waals surface area contributed by atoms with Gasteiger partial charge in [0.1, 0.15) is 5.82 Å². The number of hydrogen-bond acceptors (Lipinski definition) is 2. The van der Waals surface area contributed by atoms with E-state index >= 15 is 0 Å². The second kappa shape index (κ2) is 3.79. The number of anilines is 1. The molecule has 2 aliphatic heterocycles. The van der Waals surface area contributed by atoms with Crippen LogP contribution in [0.15, 0.2) is 12.1 Å². The molecule has 1 fully saturated rings. The number of benzene rings is 1. The van der Waals surface area contributed by atoms with Crippen LogP contribution >= 0.6 is 0 Å². The summed E-state index contributed by atoms with van der Waals surface area (Å²) >= 11 is 0. The van der Waals surface area contributed by atoms with Crippen LogP contribution in [0.5, 0.6) is 0 Å². The van der Waals surface area contributed by atoms with Crippen LogP contribution in [0.25, 0.3) is 0 Å². The lowest BCUT2D eigenvalue weighted by molar-refractivity contribution is -0.117. The van der Waals surface area contributed by atoms with Gasteiger partial charge in [-0.3, -0.25) is 4.79 Å². The van der Waals surface area contributed by atoms with Crippen molar-refractivity contribution in [2.24, 2.45) is 0 Å². The first-order valence-corrected chi connectivity index (χ1v) is 6.36. The van der Waals surface area contributed by atoms with E-state index in [-0.39, 0.29) is 17.3 Å². The molecule has 1 unspecified atom stereocenters. The molecule has 1 saturated heterocycles. The molecular weight excluding hydrogens is 231 g/mol. The predicted molar refractivity (Wildman–Crippen MR) is 68.1 cm³/mol. The Morgan fingerprint density at radius 2 is 2.22 bits per heavy atom. The number of amides is 1. The van der Waals surface area contributed by atoms with Gasteiger partial charge in [-0.05, 0) is 43.5 Å². The molecule has 2 heterocycles. The first-order chi connectivity index (χ1) is 8.51. The number of fused-ring (bicyclic) bond motifs is 1. The molecule has 0 bridgehead atoms. The van der Waals surface area contributed by atoms with Crippen molar-refractivity contribution in [3.8, 4) is 0 Å². The number of likely N-dealkylation sites (N-methyl/N-ethyl adjacent to an activating group) is 1. The van der Waals surface area contributed by atoms with Crippen LogP contribution in [-0.2, 0) is 16.8 Å². The van der Waals surface area contributed by atoms with E-state index < -0.39 is 0 Å². The van der Waals surface area contributed by atoms with Gasteiger partial charge in [-0.15, -0.1) is 0 Å². The Balaban J connectivity index is 2.08. The third-order valence-electron chi connectivity index (χ3n) is 4.20. The highest BCUT2D eigenvalue weighted by Crippen LogP contribution is 2.37. The number of carbonyl (C=O) groups is 1. The Labute approximate surface area is 106 Å². The van der Waals surface area contributed by atoms with Crippen molar-refractivity contribution in [3.63, 3.8) is 0 Å². The lowest BCUT2D eigenvalue weighted by Crippen LogP contribution is -2.33. The molecule has 1 amide bonds. The largest absolute Gasteiger partial charge is 0.312 e. The zero-order valence-electron chi connectivity index (χ0n) is 10.7. The molecule has 1 aromatic carbocycles. The minimum Gasteiger partial charge on any atom is -0.312 e. The molecule has 1 N–H and O–H groups in total. The Morgan fingerprint density at radius 1 is 1.44 bits per heavy atom. The average Bonchev–Trinajstić information content (AvgIpc) is 2.86. The Hall–Kier alpha value is -1.42. The maximum Gasteiger partial charge on any atom is 0.231 e. The molecule has 96 valence electrons. The number of rotatable bonds is 1. The highest BCUT2D eigenvalue weighted by molar-refractivity contribution is 6.01. The van der Waals surface area contributed by atoms with Gasteiger partial charge in [-0.1, -0.05) is 6.07 Å². The quantitative estimate of drug-likeness (QED) is 0.823. The Morgan fingerprint density at radius 3 is 2.89 bits per heavy atom. The number of halogens is 1. The molecule has 18 heavy (non-hydrogen) atoms. The summed E-state index contributed by atoms with van der Waals surface area (Å²) in [4.78, 5) is 13.1. The van der Waals surface area contributed by atoms with Crippen LogP contribution in [-0.4, -0.2) is 19.5 Å². The van der Waals surface area contributed by atoms with E-state index in [0.717, 1.165) is 30.5 Å². The SMILES string of the molecule is CN1C(=O)Cc2cc(C3(C)CCCN3)cc(F)c21. The molecule has 2 aliphatic rings. The zero-order chi connectivity index (χ0) is 12.9. The van der Waals surface area contributed by atoms with E-state index in [1.165, 1.54) is 4.90 Å². The normalized spacial score (nSPS) is 26.8. The van der Waals surface area contributed by atoms with Crippen molar-refractivity contribution in [2.75, 3.05) is 18.5 Å². The van der Waals surface area contributed by atoms with Gasteiger partial charge >= 0.3 is 0 Å². The third-order valence-corrected chi connectivity index (χ3v) is 4.20. The monoisotopic (exact) mass is 248 g/mol. The van der Waals surface area contributed by atoms with E-state index in [2.05, 4.69) is 12.2 Å². The molecular formula is C14H17FN2O. The molecule has 0 aromatic heterocycles. The molecule has 3 nitrogen and oxygen atoms in total. The minimum absolute atomic E-state index is 0.0365. The summed E-state index contributed by atoms with van der Waals surface area (Å²) in [6, 6.07) is 3.56. The van der Waals surface area contributed by atoms with Gasteiger partial charge in [-0.2, -0.15) is 0 Å². The number of carbonyl (C=O) groups excluding carboxylic acids is 1. The lowest BCUT2D eigenvalue weighted by atomic mass is 9.89. The summed E-state index contributed by atoms with van der Waals surface area (Å²) in [6.45, 7) is 3.07. The number of nitrogens with zero attached hydrogens (tertiary/aromatic N) is 1. The first kappa shape index (κ1) is 11.7. The Bertz CT molecular complexity index is 521. The van der Waals surface area contributed by atoms with E-state index in [0.29, 0.717) is 12.1 Å².